The van der Waals surface area contributed by atoms with Crippen molar-refractivity contribution < 1.29 is 0 Å². The summed E-state index contributed by atoms with van der Waals surface area (Å²) >= 11 is 2.04. The third-order valence-electron chi connectivity index (χ3n) is 3.64. The minimum atomic E-state index is 0.805. The number of piperidine rings is 1. The molecule has 3 rings (SSSR count). The fraction of sp³-hybridized carbons (Fsp3) is 0.538. The maximum Gasteiger partial charge on any atom is 0.0107 e. The third-order valence-corrected chi connectivity index (χ3v) is 4.85. The van der Waals surface area contributed by atoms with Crippen molar-refractivity contribution in [3.05, 3.63) is 29.8 Å². The van der Waals surface area contributed by atoms with Crippen LogP contribution in [-0.4, -0.2) is 18.8 Å². The molecule has 1 nitrogen and oxygen atoms in total. The minimum absolute atomic E-state index is 0.805. The summed E-state index contributed by atoms with van der Waals surface area (Å²) < 4.78 is 0. The van der Waals surface area contributed by atoms with Gasteiger partial charge in [-0.2, -0.15) is 0 Å². The molecule has 2 heteroatoms. The molecule has 0 aromatic heterocycles. The molecule has 0 saturated carbocycles. The van der Waals surface area contributed by atoms with Gasteiger partial charge in [-0.05, 0) is 49.4 Å². The normalized spacial score (nSPS) is 30.1. The van der Waals surface area contributed by atoms with Crippen molar-refractivity contribution in [2.45, 2.75) is 23.7 Å². The van der Waals surface area contributed by atoms with Gasteiger partial charge in [0.1, 0.15) is 0 Å². The van der Waals surface area contributed by atoms with Gasteiger partial charge in [0.05, 0.1) is 0 Å². The van der Waals surface area contributed by atoms with E-state index in [9.17, 15) is 0 Å². The van der Waals surface area contributed by atoms with Gasteiger partial charge in [0.15, 0.2) is 0 Å². The molecule has 0 spiro atoms. The Morgan fingerprint density at radius 1 is 1.27 bits per heavy atom. The minimum Gasteiger partial charge on any atom is -0.316 e. The van der Waals surface area contributed by atoms with Crippen LogP contribution in [0, 0.1) is 5.92 Å². The summed E-state index contributed by atoms with van der Waals surface area (Å²) in [6.45, 7) is 2.44. The van der Waals surface area contributed by atoms with Gasteiger partial charge in [-0.1, -0.05) is 18.2 Å². The highest BCUT2D eigenvalue weighted by atomic mass is 32.2. The summed E-state index contributed by atoms with van der Waals surface area (Å²) in [6.07, 6.45) is 2.76. The third kappa shape index (κ3) is 1.81. The second-order valence-corrected chi connectivity index (χ2v) is 5.62. The van der Waals surface area contributed by atoms with Crippen LogP contribution in [0.2, 0.25) is 0 Å². The van der Waals surface area contributed by atoms with Crippen LogP contribution in [0.1, 0.15) is 24.3 Å². The molecule has 2 aliphatic rings. The van der Waals surface area contributed by atoms with Gasteiger partial charge < -0.3 is 5.32 Å². The number of rotatable bonds is 1. The number of hydrogen-bond donors (Lipinski definition) is 1. The van der Waals surface area contributed by atoms with E-state index in [1.54, 1.807) is 5.56 Å². The monoisotopic (exact) mass is 219 g/mol. The lowest BCUT2D eigenvalue weighted by Crippen LogP contribution is -2.33. The lowest BCUT2D eigenvalue weighted by Gasteiger charge is -2.28. The average Bonchev–Trinajstić information content (AvgIpc) is 2.74. The lowest BCUT2D eigenvalue weighted by atomic mass is 9.83. The Labute approximate surface area is 95.6 Å². The molecule has 0 amide bonds. The molecule has 2 heterocycles. The molecule has 0 radical (unpaired) electrons. The second-order valence-electron chi connectivity index (χ2n) is 4.56. The van der Waals surface area contributed by atoms with Gasteiger partial charge in [-0.3, -0.25) is 0 Å². The van der Waals surface area contributed by atoms with Gasteiger partial charge in [-0.15, -0.1) is 11.8 Å². The van der Waals surface area contributed by atoms with E-state index >= 15 is 0 Å². The largest absolute Gasteiger partial charge is 0.316 e. The van der Waals surface area contributed by atoms with Crippen LogP contribution in [0.25, 0.3) is 0 Å². The number of nitrogens with one attached hydrogen (secondary N) is 1. The van der Waals surface area contributed by atoms with Gasteiger partial charge in [0.2, 0.25) is 0 Å². The molecular weight excluding hydrogens is 202 g/mol. The quantitative estimate of drug-likeness (QED) is 0.779. The Hall–Kier alpha value is -0.470. The lowest BCUT2D eigenvalue weighted by molar-refractivity contribution is 0.338. The zero-order chi connectivity index (χ0) is 10.1. The first kappa shape index (κ1) is 9.73. The van der Waals surface area contributed by atoms with E-state index in [4.69, 9.17) is 0 Å². The molecule has 1 aromatic rings. The van der Waals surface area contributed by atoms with E-state index in [-0.39, 0.29) is 0 Å². The number of fused-ring (bicyclic) bond motifs is 1. The summed E-state index contributed by atoms with van der Waals surface area (Å²) in [5.41, 5.74) is 1.61. The number of hydrogen-bond acceptors (Lipinski definition) is 2. The summed E-state index contributed by atoms with van der Waals surface area (Å²) in [7, 11) is 0. The second kappa shape index (κ2) is 4.18. The van der Waals surface area contributed by atoms with E-state index in [1.807, 2.05) is 11.8 Å². The molecule has 0 bridgehead atoms. The van der Waals surface area contributed by atoms with Crippen molar-refractivity contribution in [1.82, 2.24) is 5.32 Å². The maximum atomic E-state index is 3.53. The predicted octanol–water partition coefficient (Wildman–Crippen LogP) is 2.88. The SMILES string of the molecule is c1ccc2c(c1)SCC2C1CCCNC1. The van der Waals surface area contributed by atoms with Crippen molar-refractivity contribution in [3.8, 4) is 0 Å². The summed E-state index contributed by atoms with van der Waals surface area (Å²) in [5.74, 6) is 2.97. The number of thioether (sulfide) groups is 1. The zero-order valence-corrected chi connectivity index (χ0v) is 9.72. The molecule has 1 aromatic carbocycles. The first-order valence-electron chi connectivity index (χ1n) is 5.87. The highest BCUT2D eigenvalue weighted by Gasteiger charge is 2.30. The Kier molecular flexibility index (Phi) is 2.72. The van der Waals surface area contributed by atoms with Gasteiger partial charge >= 0.3 is 0 Å². The highest BCUT2D eigenvalue weighted by molar-refractivity contribution is 7.99. The fourth-order valence-electron chi connectivity index (χ4n) is 2.80. The van der Waals surface area contributed by atoms with Crippen molar-refractivity contribution in [2.24, 2.45) is 5.92 Å². The summed E-state index contributed by atoms with van der Waals surface area (Å²) in [6, 6.07) is 8.95. The summed E-state index contributed by atoms with van der Waals surface area (Å²) in [5, 5.41) is 3.53. The molecule has 1 fully saturated rings. The molecule has 1 saturated heterocycles. The molecule has 80 valence electrons. The first-order chi connectivity index (χ1) is 7.45. The van der Waals surface area contributed by atoms with Crippen molar-refractivity contribution in [2.75, 3.05) is 18.8 Å². The molecule has 0 aliphatic carbocycles. The Morgan fingerprint density at radius 2 is 2.20 bits per heavy atom. The van der Waals surface area contributed by atoms with Gasteiger partial charge in [-0.25, -0.2) is 0 Å². The van der Waals surface area contributed by atoms with Crippen LogP contribution in [0.15, 0.2) is 29.2 Å². The zero-order valence-electron chi connectivity index (χ0n) is 8.91. The molecule has 15 heavy (non-hydrogen) atoms. The van der Waals surface area contributed by atoms with Crippen LogP contribution in [0.5, 0.6) is 0 Å². The van der Waals surface area contributed by atoms with Crippen LogP contribution in [0.4, 0.5) is 0 Å². The first-order valence-corrected chi connectivity index (χ1v) is 6.86. The van der Waals surface area contributed by atoms with Crippen molar-refractivity contribution in [3.63, 3.8) is 0 Å². The fourth-order valence-corrected chi connectivity index (χ4v) is 4.17. The van der Waals surface area contributed by atoms with Crippen molar-refractivity contribution >= 4 is 11.8 Å². The van der Waals surface area contributed by atoms with E-state index in [2.05, 4.69) is 29.6 Å². The van der Waals surface area contributed by atoms with Crippen LogP contribution < -0.4 is 5.32 Å². The highest BCUT2D eigenvalue weighted by Crippen LogP contribution is 2.44. The van der Waals surface area contributed by atoms with E-state index in [0.717, 1.165) is 11.8 Å². The van der Waals surface area contributed by atoms with Crippen LogP contribution in [0.3, 0.4) is 0 Å². The summed E-state index contributed by atoms with van der Waals surface area (Å²) in [4.78, 5) is 1.52. The number of benzene rings is 1. The standard InChI is InChI=1S/C13H17NS/c1-2-6-13-11(5-1)12(9-15-13)10-4-3-7-14-8-10/h1-2,5-6,10,12,14H,3-4,7-9H2. The Morgan fingerprint density at radius 3 is 3.07 bits per heavy atom. The van der Waals surface area contributed by atoms with Crippen LogP contribution in [-0.2, 0) is 0 Å². The van der Waals surface area contributed by atoms with E-state index < -0.39 is 0 Å². The molecule has 1 N–H and O–H groups in total. The van der Waals surface area contributed by atoms with E-state index in [0.29, 0.717) is 0 Å². The molecule has 2 unspecified atom stereocenters. The van der Waals surface area contributed by atoms with Crippen molar-refractivity contribution in [1.29, 1.82) is 0 Å². The maximum absolute atomic E-state index is 3.53. The Balaban J connectivity index is 1.83. The van der Waals surface area contributed by atoms with Crippen LogP contribution >= 0.6 is 11.8 Å². The average molecular weight is 219 g/mol. The topological polar surface area (TPSA) is 12.0 Å². The van der Waals surface area contributed by atoms with E-state index in [1.165, 1.54) is 36.6 Å². The van der Waals surface area contributed by atoms with Gasteiger partial charge in [0.25, 0.3) is 0 Å². The predicted molar refractivity (Wildman–Crippen MR) is 65.5 cm³/mol. The van der Waals surface area contributed by atoms with Gasteiger partial charge in [0, 0.05) is 10.6 Å². The Bertz CT molecular complexity index is 344. The molecule has 2 aliphatic heterocycles. The molecule has 2 atom stereocenters. The molecular formula is C13H17NS. The smallest absolute Gasteiger partial charge is 0.0107 e.